The summed E-state index contributed by atoms with van der Waals surface area (Å²) < 4.78 is 0. The van der Waals surface area contributed by atoms with Gasteiger partial charge in [0.2, 0.25) is 5.91 Å². The minimum Gasteiger partial charge on any atom is -0.388 e. The number of non-ortho nitro benzene ring substituents is 1. The molecule has 0 bridgehead atoms. The molecule has 0 atom stereocenters. The van der Waals surface area contributed by atoms with Gasteiger partial charge in [-0.25, -0.2) is 0 Å². The third kappa shape index (κ3) is 3.63. The number of amides is 1. The Morgan fingerprint density at radius 2 is 1.94 bits per heavy atom. The van der Waals surface area contributed by atoms with Crippen molar-refractivity contribution in [3.8, 4) is 0 Å². The predicted molar refractivity (Wildman–Crippen MR) is 65.2 cm³/mol. The average molecular weight is 238 g/mol. The van der Waals surface area contributed by atoms with E-state index in [1.54, 1.807) is 13.1 Å². The van der Waals surface area contributed by atoms with Crippen LogP contribution in [-0.4, -0.2) is 31.5 Å². The van der Waals surface area contributed by atoms with Crippen LogP contribution in [0.5, 0.6) is 0 Å². The van der Waals surface area contributed by atoms with Crippen LogP contribution in [0.25, 0.3) is 0 Å². The van der Waals surface area contributed by atoms with E-state index in [4.69, 9.17) is 0 Å². The molecular weight excluding hydrogens is 224 g/mol. The van der Waals surface area contributed by atoms with E-state index in [9.17, 15) is 14.9 Å². The van der Waals surface area contributed by atoms with Crippen molar-refractivity contribution in [3.63, 3.8) is 0 Å². The van der Waals surface area contributed by atoms with E-state index in [-0.39, 0.29) is 18.1 Å². The molecule has 0 spiro atoms. The Kier molecular flexibility index (Phi) is 4.27. The molecule has 0 saturated carbocycles. The number of rotatable bonds is 5. The standard InChI is InChI=1S/C10H14N4O3/c1-11-7-3-8(13-6-10(15)12-2)5-9(4-7)14(16)17/h3-5,11,13H,6H2,1-2H3,(H,12,15). The topological polar surface area (TPSA) is 96.3 Å². The number of nitrogens with zero attached hydrogens (tertiary/aromatic N) is 1. The molecule has 0 heterocycles. The van der Waals surface area contributed by atoms with E-state index in [1.165, 1.54) is 19.2 Å². The van der Waals surface area contributed by atoms with Crippen LogP contribution in [-0.2, 0) is 4.79 Å². The van der Waals surface area contributed by atoms with Crippen molar-refractivity contribution in [1.82, 2.24) is 5.32 Å². The van der Waals surface area contributed by atoms with Crippen LogP contribution in [0, 0.1) is 10.1 Å². The number of carbonyl (C=O) groups is 1. The summed E-state index contributed by atoms with van der Waals surface area (Å²) in [6.07, 6.45) is 0. The SMILES string of the molecule is CNC(=O)CNc1cc(NC)cc([N+](=O)[O-])c1. The smallest absolute Gasteiger partial charge is 0.273 e. The number of nitro groups is 1. The maximum absolute atomic E-state index is 11.0. The molecule has 0 radical (unpaired) electrons. The first-order chi connectivity index (χ1) is 8.06. The monoisotopic (exact) mass is 238 g/mol. The molecule has 0 fully saturated rings. The van der Waals surface area contributed by atoms with Crippen molar-refractivity contribution in [1.29, 1.82) is 0 Å². The summed E-state index contributed by atoms with van der Waals surface area (Å²) in [6.45, 7) is 0.0703. The Balaban J connectivity index is 2.87. The van der Waals surface area contributed by atoms with Crippen LogP contribution in [0.3, 0.4) is 0 Å². The Morgan fingerprint density at radius 3 is 2.47 bits per heavy atom. The lowest BCUT2D eigenvalue weighted by Crippen LogP contribution is -2.26. The number of anilines is 2. The van der Waals surface area contributed by atoms with Gasteiger partial charge in [0.15, 0.2) is 0 Å². The van der Waals surface area contributed by atoms with E-state index in [0.29, 0.717) is 11.4 Å². The molecule has 17 heavy (non-hydrogen) atoms. The fourth-order valence-electron chi connectivity index (χ4n) is 1.23. The van der Waals surface area contributed by atoms with Gasteiger partial charge in [0, 0.05) is 37.6 Å². The summed E-state index contributed by atoms with van der Waals surface area (Å²) in [7, 11) is 3.19. The van der Waals surface area contributed by atoms with E-state index in [2.05, 4.69) is 16.0 Å². The van der Waals surface area contributed by atoms with Gasteiger partial charge in [0.25, 0.3) is 5.69 Å². The van der Waals surface area contributed by atoms with Crippen LogP contribution in [0.15, 0.2) is 18.2 Å². The summed E-state index contributed by atoms with van der Waals surface area (Å²) >= 11 is 0. The molecular formula is C10H14N4O3. The second-order valence-corrected chi connectivity index (χ2v) is 3.30. The zero-order chi connectivity index (χ0) is 12.8. The first-order valence-electron chi connectivity index (χ1n) is 4.98. The maximum Gasteiger partial charge on any atom is 0.273 e. The molecule has 7 nitrogen and oxygen atoms in total. The van der Waals surface area contributed by atoms with Crippen molar-refractivity contribution >= 4 is 23.0 Å². The molecule has 0 aliphatic rings. The van der Waals surface area contributed by atoms with Crippen LogP contribution in [0.1, 0.15) is 0 Å². The molecule has 0 aliphatic heterocycles. The van der Waals surface area contributed by atoms with Crippen molar-refractivity contribution in [3.05, 3.63) is 28.3 Å². The number of hydrogen-bond acceptors (Lipinski definition) is 5. The van der Waals surface area contributed by atoms with Crippen molar-refractivity contribution < 1.29 is 9.72 Å². The van der Waals surface area contributed by atoms with Gasteiger partial charge in [0.05, 0.1) is 11.5 Å². The van der Waals surface area contributed by atoms with Gasteiger partial charge in [-0.1, -0.05) is 0 Å². The molecule has 0 aromatic heterocycles. The second-order valence-electron chi connectivity index (χ2n) is 3.30. The third-order valence-electron chi connectivity index (χ3n) is 2.15. The first-order valence-corrected chi connectivity index (χ1v) is 4.98. The highest BCUT2D eigenvalue weighted by atomic mass is 16.6. The normalized spacial score (nSPS) is 9.53. The predicted octanol–water partition coefficient (Wildman–Crippen LogP) is 0.794. The quantitative estimate of drug-likeness (QED) is 0.520. The number of carbonyl (C=O) groups excluding carboxylic acids is 1. The van der Waals surface area contributed by atoms with Gasteiger partial charge in [-0.15, -0.1) is 0 Å². The lowest BCUT2D eigenvalue weighted by atomic mass is 10.2. The van der Waals surface area contributed by atoms with Gasteiger partial charge in [-0.3, -0.25) is 14.9 Å². The highest BCUT2D eigenvalue weighted by molar-refractivity contribution is 5.80. The Labute approximate surface area is 98.4 Å². The highest BCUT2D eigenvalue weighted by Crippen LogP contribution is 2.23. The Bertz CT molecular complexity index is 434. The molecule has 7 heteroatoms. The second kappa shape index (κ2) is 5.69. The van der Waals surface area contributed by atoms with Crippen LogP contribution < -0.4 is 16.0 Å². The zero-order valence-electron chi connectivity index (χ0n) is 9.61. The van der Waals surface area contributed by atoms with Crippen LogP contribution in [0.2, 0.25) is 0 Å². The molecule has 1 aromatic rings. The summed E-state index contributed by atoms with van der Waals surface area (Å²) in [5.74, 6) is -0.192. The van der Waals surface area contributed by atoms with E-state index < -0.39 is 4.92 Å². The van der Waals surface area contributed by atoms with Crippen LogP contribution in [0.4, 0.5) is 17.1 Å². The van der Waals surface area contributed by atoms with E-state index in [1.807, 2.05) is 0 Å². The van der Waals surface area contributed by atoms with E-state index in [0.717, 1.165) is 0 Å². The summed E-state index contributed by atoms with van der Waals surface area (Å²) in [4.78, 5) is 21.2. The first kappa shape index (κ1) is 12.8. The number of nitrogens with one attached hydrogen (secondary N) is 3. The van der Waals surface area contributed by atoms with Gasteiger partial charge < -0.3 is 16.0 Å². The summed E-state index contributed by atoms with van der Waals surface area (Å²) in [5.41, 5.74) is 1.10. The number of benzene rings is 1. The van der Waals surface area contributed by atoms with Crippen LogP contribution >= 0.6 is 0 Å². The molecule has 0 unspecified atom stereocenters. The lowest BCUT2D eigenvalue weighted by molar-refractivity contribution is -0.384. The van der Waals surface area contributed by atoms with Gasteiger partial charge in [0.1, 0.15) is 0 Å². The van der Waals surface area contributed by atoms with Crippen molar-refractivity contribution in [2.75, 3.05) is 31.3 Å². The molecule has 1 aromatic carbocycles. The largest absolute Gasteiger partial charge is 0.388 e. The van der Waals surface area contributed by atoms with Crippen molar-refractivity contribution in [2.24, 2.45) is 0 Å². The molecule has 1 rings (SSSR count). The minimum absolute atomic E-state index is 0.0312. The molecule has 1 amide bonds. The maximum atomic E-state index is 11.0. The fraction of sp³-hybridized carbons (Fsp3) is 0.300. The average Bonchev–Trinajstić information content (AvgIpc) is 2.35. The zero-order valence-corrected chi connectivity index (χ0v) is 9.61. The fourth-order valence-corrected chi connectivity index (χ4v) is 1.23. The summed E-state index contributed by atoms with van der Waals surface area (Å²) in [6, 6.07) is 4.49. The van der Waals surface area contributed by atoms with Gasteiger partial charge in [-0.2, -0.15) is 0 Å². The van der Waals surface area contributed by atoms with Gasteiger partial charge >= 0.3 is 0 Å². The number of nitro benzene ring substituents is 1. The number of likely N-dealkylation sites (N-methyl/N-ethyl adjacent to an activating group) is 1. The highest BCUT2D eigenvalue weighted by Gasteiger charge is 2.09. The number of hydrogen-bond donors (Lipinski definition) is 3. The molecule has 92 valence electrons. The molecule has 0 aliphatic carbocycles. The molecule has 0 saturated heterocycles. The summed E-state index contributed by atoms with van der Waals surface area (Å²) in [5, 5.41) is 18.8. The Morgan fingerprint density at radius 1 is 1.29 bits per heavy atom. The Hall–Kier alpha value is -2.31. The van der Waals surface area contributed by atoms with Crippen molar-refractivity contribution in [2.45, 2.75) is 0 Å². The van der Waals surface area contributed by atoms with E-state index >= 15 is 0 Å². The molecule has 3 N–H and O–H groups in total. The minimum atomic E-state index is -0.480. The lowest BCUT2D eigenvalue weighted by Gasteiger charge is -2.07. The van der Waals surface area contributed by atoms with Gasteiger partial charge in [-0.05, 0) is 6.07 Å². The third-order valence-corrected chi connectivity index (χ3v) is 2.15.